The van der Waals surface area contributed by atoms with Gasteiger partial charge in [-0.25, -0.2) is 18.4 Å². The molecule has 8 heteroatoms. The van der Waals surface area contributed by atoms with E-state index < -0.39 is 9.84 Å². The fourth-order valence-electron chi connectivity index (χ4n) is 2.17. The number of nitrogens with one attached hydrogen (secondary N) is 1. The van der Waals surface area contributed by atoms with Crippen molar-refractivity contribution < 1.29 is 13.5 Å². The summed E-state index contributed by atoms with van der Waals surface area (Å²) in [6, 6.07) is 6.19. The van der Waals surface area contributed by atoms with Crippen LogP contribution in [0, 0.1) is 0 Å². The summed E-state index contributed by atoms with van der Waals surface area (Å²) in [5.41, 5.74) is 6.96. The van der Waals surface area contributed by atoms with Gasteiger partial charge in [-0.15, -0.1) is 0 Å². The number of sulfone groups is 1. The number of anilines is 1. The van der Waals surface area contributed by atoms with Crippen LogP contribution in [0.15, 0.2) is 35.4 Å². The Morgan fingerprint density at radius 1 is 1.29 bits per heavy atom. The SMILES string of the molecule is CS(=O)(=O)c1ccc2c(-c3ccnc(N)n3)c(O)[nH]c2c1. The highest BCUT2D eigenvalue weighted by atomic mass is 32.2. The smallest absolute Gasteiger partial charge is 0.220 e. The first-order valence-electron chi connectivity index (χ1n) is 6.00. The Morgan fingerprint density at radius 2 is 2.05 bits per heavy atom. The minimum Gasteiger partial charge on any atom is -0.494 e. The summed E-state index contributed by atoms with van der Waals surface area (Å²) >= 11 is 0. The molecule has 0 saturated carbocycles. The monoisotopic (exact) mass is 304 g/mol. The fourth-order valence-corrected chi connectivity index (χ4v) is 2.81. The van der Waals surface area contributed by atoms with E-state index in [1.54, 1.807) is 12.1 Å². The van der Waals surface area contributed by atoms with Gasteiger partial charge in [-0.05, 0) is 18.2 Å². The Labute approximate surface area is 120 Å². The second kappa shape index (κ2) is 4.45. The largest absolute Gasteiger partial charge is 0.494 e. The summed E-state index contributed by atoms with van der Waals surface area (Å²) in [6.45, 7) is 0. The van der Waals surface area contributed by atoms with Gasteiger partial charge in [-0.3, -0.25) is 0 Å². The maximum absolute atomic E-state index is 11.6. The normalized spacial score (nSPS) is 11.9. The van der Waals surface area contributed by atoms with Gasteiger partial charge >= 0.3 is 0 Å². The minimum atomic E-state index is -3.32. The number of aromatic hydroxyl groups is 1. The summed E-state index contributed by atoms with van der Waals surface area (Å²) in [4.78, 5) is 10.8. The molecule has 0 aliphatic carbocycles. The molecule has 4 N–H and O–H groups in total. The van der Waals surface area contributed by atoms with E-state index >= 15 is 0 Å². The lowest BCUT2D eigenvalue weighted by Gasteiger charge is -2.01. The number of rotatable bonds is 2. The first-order valence-corrected chi connectivity index (χ1v) is 7.89. The van der Waals surface area contributed by atoms with E-state index in [2.05, 4.69) is 15.0 Å². The van der Waals surface area contributed by atoms with E-state index in [1.165, 1.54) is 18.3 Å². The van der Waals surface area contributed by atoms with Crippen LogP contribution in [0.2, 0.25) is 0 Å². The molecule has 0 spiro atoms. The number of H-pyrrole nitrogens is 1. The zero-order chi connectivity index (χ0) is 15.2. The van der Waals surface area contributed by atoms with Gasteiger partial charge < -0.3 is 15.8 Å². The van der Waals surface area contributed by atoms with Crippen LogP contribution in [0.4, 0.5) is 5.95 Å². The van der Waals surface area contributed by atoms with Gasteiger partial charge in [-0.2, -0.15) is 0 Å². The van der Waals surface area contributed by atoms with E-state index in [9.17, 15) is 13.5 Å². The fraction of sp³-hybridized carbons (Fsp3) is 0.0769. The number of benzene rings is 1. The highest BCUT2D eigenvalue weighted by molar-refractivity contribution is 7.90. The molecule has 0 aliphatic rings. The first-order chi connectivity index (χ1) is 9.86. The Balaban J connectivity index is 2.28. The van der Waals surface area contributed by atoms with Crippen molar-refractivity contribution in [2.24, 2.45) is 0 Å². The van der Waals surface area contributed by atoms with Crippen molar-refractivity contribution in [3.05, 3.63) is 30.5 Å². The molecular weight excluding hydrogens is 292 g/mol. The first kappa shape index (κ1) is 13.4. The van der Waals surface area contributed by atoms with Gasteiger partial charge in [0.05, 0.1) is 21.7 Å². The van der Waals surface area contributed by atoms with Crippen molar-refractivity contribution in [2.45, 2.75) is 4.90 Å². The van der Waals surface area contributed by atoms with Crippen molar-refractivity contribution in [2.75, 3.05) is 12.0 Å². The Bertz CT molecular complexity index is 947. The lowest BCUT2D eigenvalue weighted by molar-refractivity contribution is 0.460. The molecule has 0 unspecified atom stereocenters. The zero-order valence-electron chi connectivity index (χ0n) is 11.0. The van der Waals surface area contributed by atoms with Crippen molar-refractivity contribution in [1.82, 2.24) is 15.0 Å². The number of hydrogen-bond acceptors (Lipinski definition) is 6. The molecule has 0 atom stereocenters. The van der Waals surface area contributed by atoms with E-state index in [0.717, 1.165) is 6.26 Å². The molecule has 0 amide bonds. The van der Waals surface area contributed by atoms with Gasteiger partial charge in [0.25, 0.3) is 0 Å². The number of nitrogens with two attached hydrogens (primary N) is 1. The van der Waals surface area contributed by atoms with Gasteiger partial charge in [0, 0.05) is 17.8 Å². The molecule has 0 bridgehead atoms. The average Bonchev–Trinajstić information content (AvgIpc) is 2.72. The third-order valence-corrected chi connectivity index (χ3v) is 4.22. The van der Waals surface area contributed by atoms with E-state index in [4.69, 9.17) is 5.73 Å². The standard InChI is InChI=1S/C13H12N4O3S/c1-21(19,20)7-2-3-8-10(6-7)16-12(18)11(8)9-4-5-15-13(14)17-9/h2-6,16,18H,1H3,(H2,14,15,17). The summed E-state index contributed by atoms with van der Waals surface area (Å²) in [5, 5.41) is 10.7. The molecule has 0 radical (unpaired) electrons. The molecule has 7 nitrogen and oxygen atoms in total. The number of aromatic nitrogens is 3. The number of nitrogen functional groups attached to an aromatic ring is 1. The number of nitrogens with zero attached hydrogens (tertiary/aromatic N) is 2. The van der Waals surface area contributed by atoms with Crippen LogP contribution in [0.1, 0.15) is 0 Å². The van der Waals surface area contributed by atoms with Crippen LogP contribution in [-0.2, 0) is 9.84 Å². The van der Waals surface area contributed by atoms with E-state index in [0.29, 0.717) is 22.2 Å². The van der Waals surface area contributed by atoms with Crippen LogP contribution in [0.25, 0.3) is 22.2 Å². The maximum atomic E-state index is 11.6. The summed E-state index contributed by atoms with van der Waals surface area (Å²) in [7, 11) is -3.32. The Hall–Kier alpha value is -2.61. The van der Waals surface area contributed by atoms with Crippen LogP contribution in [0.3, 0.4) is 0 Å². The third-order valence-electron chi connectivity index (χ3n) is 3.11. The minimum absolute atomic E-state index is 0.0917. The maximum Gasteiger partial charge on any atom is 0.220 e. The molecule has 1 aromatic carbocycles. The summed E-state index contributed by atoms with van der Waals surface area (Å²) < 4.78 is 23.1. The van der Waals surface area contributed by atoms with Crippen molar-refractivity contribution >= 4 is 26.7 Å². The zero-order valence-corrected chi connectivity index (χ0v) is 11.8. The number of fused-ring (bicyclic) bond motifs is 1. The average molecular weight is 304 g/mol. The molecular formula is C13H12N4O3S. The Kier molecular flexibility index (Phi) is 2.84. The predicted molar refractivity (Wildman–Crippen MR) is 78.5 cm³/mol. The predicted octanol–water partition coefficient (Wildman–Crippen LogP) is 1.32. The Morgan fingerprint density at radius 3 is 2.71 bits per heavy atom. The molecule has 3 aromatic rings. The van der Waals surface area contributed by atoms with Gasteiger partial charge in [0.2, 0.25) is 5.95 Å². The van der Waals surface area contributed by atoms with Crippen LogP contribution >= 0.6 is 0 Å². The molecule has 108 valence electrons. The van der Waals surface area contributed by atoms with Crippen LogP contribution < -0.4 is 5.73 Å². The van der Waals surface area contributed by atoms with Crippen molar-refractivity contribution in [1.29, 1.82) is 0 Å². The van der Waals surface area contributed by atoms with Crippen LogP contribution in [0.5, 0.6) is 5.88 Å². The van der Waals surface area contributed by atoms with Gasteiger partial charge in [-0.1, -0.05) is 6.07 Å². The molecule has 0 saturated heterocycles. The van der Waals surface area contributed by atoms with Gasteiger partial charge in [0.15, 0.2) is 15.7 Å². The quantitative estimate of drug-likeness (QED) is 0.656. The van der Waals surface area contributed by atoms with E-state index in [1.807, 2.05) is 0 Å². The van der Waals surface area contributed by atoms with Gasteiger partial charge in [0.1, 0.15) is 0 Å². The lowest BCUT2D eigenvalue weighted by atomic mass is 10.1. The molecule has 2 heterocycles. The second-order valence-corrected chi connectivity index (χ2v) is 6.64. The highest BCUT2D eigenvalue weighted by Crippen LogP contribution is 2.36. The lowest BCUT2D eigenvalue weighted by Crippen LogP contribution is -1.96. The van der Waals surface area contributed by atoms with Crippen LogP contribution in [-0.4, -0.2) is 34.7 Å². The molecule has 3 rings (SSSR count). The second-order valence-electron chi connectivity index (χ2n) is 4.63. The number of aromatic amines is 1. The molecule has 0 fully saturated rings. The summed E-state index contributed by atoms with van der Waals surface area (Å²) in [6.07, 6.45) is 2.61. The summed E-state index contributed by atoms with van der Waals surface area (Å²) in [5.74, 6) is -0.0113. The highest BCUT2D eigenvalue weighted by Gasteiger charge is 2.16. The topological polar surface area (TPSA) is 122 Å². The van der Waals surface area contributed by atoms with Crippen molar-refractivity contribution in [3.63, 3.8) is 0 Å². The molecule has 21 heavy (non-hydrogen) atoms. The van der Waals surface area contributed by atoms with E-state index in [-0.39, 0.29) is 16.7 Å². The third kappa shape index (κ3) is 2.29. The van der Waals surface area contributed by atoms with Crippen molar-refractivity contribution in [3.8, 4) is 17.1 Å². The molecule has 0 aliphatic heterocycles. The number of hydrogen-bond donors (Lipinski definition) is 3. The molecule has 2 aromatic heterocycles.